The van der Waals surface area contributed by atoms with E-state index in [2.05, 4.69) is 46.4 Å². The molecular weight excluding hydrogens is 317 g/mol. The SMILES string of the molecule is Cc1ccc(-n2ncc3c(Nc4ccc(F)cc4)ncnc32)cc1C. The van der Waals surface area contributed by atoms with E-state index in [9.17, 15) is 4.39 Å². The highest BCUT2D eigenvalue weighted by Crippen LogP contribution is 2.25. The fourth-order valence-corrected chi connectivity index (χ4v) is 2.66. The fraction of sp³-hybridized carbons (Fsp3) is 0.105. The van der Waals surface area contributed by atoms with Gasteiger partial charge in [-0.15, -0.1) is 0 Å². The minimum atomic E-state index is -0.277. The number of halogens is 1. The smallest absolute Gasteiger partial charge is 0.168 e. The molecule has 6 heteroatoms. The molecule has 0 aliphatic heterocycles. The molecule has 1 N–H and O–H groups in total. The first-order chi connectivity index (χ1) is 12.1. The second-order valence-corrected chi connectivity index (χ2v) is 5.92. The lowest BCUT2D eigenvalue weighted by molar-refractivity contribution is 0.628. The van der Waals surface area contributed by atoms with E-state index in [1.165, 1.54) is 29.6 Å². The minimum Gasteiger partial charge on any atom is -0.340 e. The van der Waals surface area contributed by atoms with Gasteiger partial charge in [-0.3, -0.25) is 0 Å². The topological polar surface area (TPSA) is 55.6 Å². The van der Waals surface area contributed by atoms with Crippen LogP contribution in [-0.4, -0.2) is 19.7 Å². The van der Waals surface area contributed by atoms with E-state index in [0.717, 1.165) is 16.8 Å². The molecule has 5 nitrogen and oxygen atoms in total. The Bertz CT molecular complexity index is 1050. The van der Waals surface area contributed by atoms with Crippen molar-refractivity contribution in [3.63, 3.8) is 0 Å². The highest BCUT2D eigenvalue weighted by atomic mass is 19.1. The third-order valence-electron chi connectivity index (χ3n) is 4.21. The average molecular weight is 333 g/mol. The Morgan fingerprint density at radius 2 is 1.76 bits per heavy atom. The van der Waals surface area contributed by atoms with Gasteiger partial charge in [0.15, 0.2) is 5.65 Å². The van der Waals surface area contributed by atoms with E-state index in [1.54, 1.807) is 23.0 Å². The van der Waals surface area contributed by atoms with E-state index in [4.69, 9.17) is 0 Å². The number of anilines is 2. The van der Waals surface area contributed by atoms with Gasteiger partial charge in [-0.1, -0.05) is 6.07 Å². The number of nitrogens with one attached hydrogen (secondary N) is 1. The maximum atomic E-state index is 13.1. The molecule has 0 bridgehead atoms. The number of nitrogens with zero attached hydrogens (tertiary/aromatic N) is 4. The molecule has 0 fully saturated rings. The Balaban J connectivity index is 1.77. The van der Waals surface area contributed by atoms with Crippen molar-refractivity contribution < 1.29 is 4.39 Å². The van der Waals surface area contributed by atoms with Crippen molar-refractivity contribution in [2.75, 3.05) is 5.32 Å². The zero-order chi connectivity index (χ0) is 17.4. The first-order valence-electron chi connectivity index (χ1n) is 7.91. The second-order valence-electron chi connectivity index (χ2n) is 5.92. The lowest BCUT2D eigenvalue weighted by Crippen LogP contribution is -2.00. The molecule has 0 spiro atoms. The molecule has 4 aromatic rings. The molecule has 0 atom stereocenters. The number of rotatable bonds is 3. The van der Waals surface area contributed by atoms with E-state index >= 15 is 0 Å². The van der Waals surface area contributed by atoms with Gasteiger partial charge < -0.3 is 5.32 Å². The van der Waals surface area contributed by atoms with Crippen LogP contribution in [0.5, 0.6) is 0 Å². The predicted molar refractivity (Wildman–Crippen MR) is 95.8 cm³/mol. The highest BCUT2D eigenvalue weighted by molar-refractivity contribution is 5.89. The lowest BCUT2D eigenvalue weighted by atomic mass is 10.1. The number of benzene rings is 2. The maximum absolute atomic E-state index is 13.1. The summed E-state index contributed by atoms with van der Waals surface area (Å²) in [6.07, 6.45) is 3.23. The van der Waals surface area contributed by atoms with Crippen LogP contribution in [0.1, 0.15) is 11.1 Å². The van der Waals surface area contributed by atoms with Crippen LogP contribution in [-0.2, 0) is 0 Å². The standard InChI is InChI=1S/C19H16FN5/c1-12-3-8-16(9-13(12)2)25-19-17(10-23-25)18(21-11-22-19)24-15-6-4-14(20)5-7-15/h3-11H,1-2H3,(H,21,22,24). The molecule has 0 amide bonds. The molecule has 0 aliphatic carbocycles. The van der Waals surface area contributed by atoms with Gasteiger partial charge in [0.2, 0.25) is 0 Å². The van der Waals surface area contributed by atoms with Crippen LogP contribution in [0, 0.1) is 19.7 Å². The molecule has 25 heavy (non-hydrogen) atoms. The Hall–Kier alpha value is -3.28. The number of aryl methyl sites for hydroxylation is 2. The van der Waals surface area contributed by atoms with Crippen molar-refractivity contribution >= 4 is 22.5 Å². The molecule has 4 rings (SSSR count). The van der Waals surface area contributed by atoms with Crippen molar-refractivity contribution in [2.24, 2.45) is 0 Å². The Kier molecular flexibility index (Phi) is 3.65. The first kappa shape index (κ1) is 15.3. The molecule has 0 aliphatic rings. The Morgan fingerprint density at radius 1 is 0.960 bits per heavy atom. The molecular formula is C19H16FN5. The molecule has 2 heterocycles. The predicted octanol–water partition coefficient (Wildman–Crippen LogP) is 4.32. The van der Waals surface area contributed by atoms with Crippen LogP contribution in [0.15, 0.2) is 55.0 Å². The Labute approximate surface area is 144 Å². The van der Waals surface area contributed by atoms with Gasteiger partial charge in [0.1, 0.15) is 18.0 Å². The van der Waals surface area contributed by atoms with Crippen LogP contribution in [0.2, 0.25) is 0 Å². The third-order valence-corrected chi connectivity index (χ3v) is 4.21. The molecule has 2 aromatic carbocycles. The zero-order valence-electron chi connectivity index (χ0n) is 13.9. The number of fused-ring (bicyclic) bond motifs is 1. The molecule has 124 valence electrons. The molecule has 0 saturated carbocycles. The molecule has 0 radical (unpaired) electrons. The highest BCUT2D eigenvalue weighted by Gasteiger charge is 2.12. The monoisotopic (exact) mass is 333 g/mol. The summed E-state index contributed by atoms with van der Waals surface area (Å²) < 4.78 is 14.9. The second kappa shape index (κ2) is 5.98. The fourth-order valence-electron chi connectivity index (χ4n) is 2.66. The Morgan fingerprint density at radius 3 is 2.52 bits per heavy atom. The molecule has 0 unspecified atom stereocenters. The molecule has 2 aromatic heterocycles. The summed E-state index contributed by atoms with van der Waals surface area (Å²) in [5.74, 6) is 0.354. The van der Waals surface area contributed by atoms with Crippen molar-refractivity contribution in [2.45, 2.75) is 13.8 Å². The van der Waals surface area contributed by atoms with Crippen molar-refractivity contribution in [1.29, 1.82) is 0 Å². The van der Waals surface area contributed by atoms with Crippen LogP contribution in [0.3, 0.4) is 0 Å². The largest absolute Gasteiger partial charge is 0.340 e. The lowest BCUT2D eigenvalue weighted by Gasteiger charge is -2.08. The van der Waals surface area contributed by atoms with E-state index < -0.39 is 0 Å². The van der Waals surface area contributed by atoms with Crippen LogP contribution in [0.4, 0.5) is 15.9 Å². The number of hydrogen-bond donors (Lipinski definition) is 1. The van der Waals surface area contributed by atoms with Gasteiger partial charge in [-0.05, 0) is 61.4 Å². The zero-order valence-corrected chi connectivity index (χ0v) is 13.9. The van der Waals surface area contributed by atoms with Gasteiger partial charge in [-0.2, -0.15) is 5.10 Å². The first-order valence-corrected chi connectivity index (χ1v) is 7.91. The normalized spacial score (nSPS) is 11.0. The van der Waals surface area contributed by atoms with Crippen LogP contribution >= 0.6 is 0 Å². The van der Waals surface area contributed by atoms with Crippen molar-refractivity contribution in [3.05, 3.63) is 71.9 Å². The quantitative estimate of drug-likeness (QED) is 0.607. The van der Waals surface area contributed by atoms with Gasteiger partial charge in [0, 0.05) is 5.69 Å². The average Bonchev–Trinajstić information content (AvgIpc) is 3.04. The summed E-state index contributed by atoms with van der Waals surface area (Å²) in [6.45, 7) is 4.15. The van der Waals surface area contributed by atoms with E-state index in [0.29, 0.717) is 11.5 Å². The minimum absolute atomic E-state index is 0.277. The molecule has 0 saturated heterocycles. The van der Waals surface area contributed by atoms with E-state index in [-0.39, 0.29) is 5.82 Å². The number of hydrogen-bond acceptors (Lipinski definition) is 4. The summed E-state index contributed by atoms with van der Waals surface area (Å²) in [6, 6.07) is 12.3. The van der Waals surface area contributed by atoms with Gasteiger partial charge in [-0.25, -0.2) is 19.0 Å². The van der Waals surface area contributed by atoms with E-state index in [1.807, 2.05) is 6.07 Å². The summed E-state index contributed by atoms with van der Waals surface area (Å²) in [5, 5.41) is 8.45. The summed E-state index contributed by atoms with van der Waals surface area (Å²) in [7, 11) is 0. The van der Waals surface area contributed by atoms with Gasteiger partial charge in [0.05, 0.1) is 17.3 Å². The van der Waals surface area contributed by atoms with Gasteiger partial charge >= 0.3 is 0 Å². The summed E-state index contributed by atoms with van der Waals surface area (Å²) >= 11 is 0. The van der Waals surface area contributed by atoms with Crippen molar-refractivity contribution in [3.8, 4) is 5.69 Å². The summed E-state index contributed by atoms with van der Waals surface area (Å²) in [5.41, 5.74) is 4.83. The van der Waals surface area contributed by atoms with Crippen LogP contribution in [0.25, 0.3) is 16.7 Å². The number of aromatic nitrogens is 4. The van der Waals surface area contributed by atoms with Crippen LogP contribution < -0.4 is 5.32 Å². The maximum Gasteiger partial charge on any atom is 0.168 e. The van der Waals surface area contributed by atoms with Gasteiger partial charge in [0.25, 0.3) is 0 Å². The summed E-state index contributed by atoms with van der Waals surface area (Å²) in [4.78, 5) is 8.67. The third kappa shape index (κ3) is 2.82. The van der Waals surface area contributed by atoms with Crippen molar-refractivity contribution in [1.82, 2.24) is 19.7 Å².